The highest BCUT2D eigenvalue weighted by Gasteiger charge is 2.27. The summed E-state index contributed by atoms with van der Waals surface area (Å²) in [4.78, 5) is 35.5. The minimum Gasteiger partial charge on any atom is -0.462 e. The van der Waals surface area contributed by atoms with E-state index in [0.29, 0.717) is 23.9 Å². The summed E-state index contributed by atoms with van der Waals surface area (Å²) < 4.78 is 34.4. The van der Waals surface area contributed by atoms with Gasteiger partial charge in [-0.25, -0.2) is 4.57 Å². The molecule has 0 rings (SSSR count). The van der Waals surface area contributed by atoms with Crippen molar-refractivity contribution < 1.29 is 42.1 Å². The largest absolute Gasteiger partial charge is 0.472 e. The van der Waals surface area contributed by atoms with Gasteiger partial charge in [0.2, 0.25) is 0 Å². The van der Waals surface area contributed by atoms with Crippen LogP contribution in [0.15, 0.2) is 97.2 Å². The lowest BCUT2D eigenvalue weighted by Gasteiger charge is -2.24. The summed E-state index contributed by atoms with van der Waals surface area (Å²) in [5.74, 6) is -0.834. The monoisotopic (exact) mass is 999 g/mol. The molecule has 0 aromatic rings. The van der Waals surface area contributed by atoms with E-state index in [-0.39, 0.29) is 26.1 Å². The summed E-state index contributed by atoms with van der Waals surface area (Å²) >= 11 is 0. The minimum absolute atomic E-state index is 0.0236. The third-order valence-electron chi connectivity index (χ3n) is 11.6. The van der Waals surface area contributed by atoms with Crippen LogP contribution in [0, 0.1) is 0 Å². The summed E-state index contributed by atoms with van der Waals surface area (Å²) in [7, 11) is 1.45. The van der Waals surface area contributed by atoms with E-state index in [1.807, 2.05) is 21.1 Å². The number of esters is 2. The van der Waals surface area contributed by atoms with Crippen molar-refractivity contribution in [2.45, 2.75) is 225 Å². The number of allylic oxidation sites excluding steroid dienone is 16. The van der Waals surface area contributed by atoms with E-state index in [1.54, 1.807) is 0 Å². The highest BCUT2D eigenvalue weighted by Crippen LogP contribution is 2.43. The summed E-state index contributed by atoms with van der Waals surface area (Å²) in [6.45, 7) is 4.16. The number of unbranched alkanes of at least 4 members (excludes halogenated alkanes) is 20. The quantitative estimate of drug-likeness (QED) is 0.0211. The van der Waals surface area contributed by atoms with Crippen molar-refractivity contribution in [2.24, 2.45) is 0 Å². The van der Waals surface area contributed by atoms with Crippen molar-refractivity contribution in [3.05, 3.63) is 97.2 Å². The van der Waals surface area contributed by atoms with Crippen molar-refractivity contribution in [1.82, 2.24) is 0 Å². The van der Waals surface area contributed by atoms with Crippen LogP contribution in [0.25, 0.3) is 0 Å². The summed E-state index contributed by atoms with van der Waals surface area (Å²) in [5.41, 5.74) is 0. The molecule has 0 aromatic carbocycles. The van der Waals surface area contributed by atoms with Gasteiger partial charge in [0, 0.05) is 12.8 Å². The molecule has 1 N–H and O–H groups in total. The van der Waals surface area contributed by atoms with Gasteiger partial charge in [-0.1, -0.05) is 214 Å². The zero-order chi connectivity index (χ0) is 51.3. The highest BCUT2D eigenvalue weighted by molar-refractivity contribution is 7.47. The van der Waals surface area contributed by atoms with Crippen LogP contribution in [0.5, 0.6) is 0 Å². The molecule has 0 aromatic heterocycles. The molecular formula is C60H105NO8P+. The van der Waals surface area contributed by atoms with Crippen molar-refractivity contribution in [2.75, 3.05) is 47.5 Å². The van der Waals surface area contributed by atoms with Crippen LogP contribution in [-0.2, 0) is 32.7 Å². The van der Waals surface area contributed by atoms with E-state index in [2.05, 4.69) is 111 Å². The van der Waals surface area contributed by atoms with Gasteiger partial charge in [0.15, 0.2) is 6.10 Å². The second-order valence-electron chi connectivity index (χ2n) is 19.6. The van der Waals surface area contributed by atoms with Crippen molar-refractivity contribution in [3.63, 3.8) is 0 Å². The number of likely N-dealkylation sites (N-methyl/N-ethyl adjacent to an activating group) is 1. The van der Waals surface area contributed by atoms with Gasteiger partial charge in [-0.15, -0.1) is 0 Å². The molecule has 0 amide bonds. The topological polar surface area (TPSA) is 108 Å². The first-order valence-electron chi connectivity index (χ1n) is 28.0. The van der Waals surface area contributed by atoms with E-state index in [4.69, 9.17) is 18.5 Å². The molecule has 0 saturated carbocycles. The maximum atomic E-state index is 12.8. The SMILES string of the molecule is CC/C=C\C/C=C\C/C=C\C/C=C\C/C=C\CCCCCCCCCCCCCCCCCCCC(=O)OC(COC(=O)CCCCC/C=C\C/C=C\C/C=C\CC)COP(=O)(O)OCC[N+](C)(C)C. The third-order valence-corrected chi connectivity index (χ3v) is 12.6. The molecule has 402 valence electrons. The van der Waals surface area contributed by atoms with Gasteiger partial charge >= 0.3 is 19.8 Å². The molecule has 0 aliphatic heterocycles. The van der Waals surface area contributed by atoms with Crippen molar-refractivity contribution in [1.29, 1.82) is 0 Å². The summed E-state index contributed by atoms with van der Waals surface area (Å²) in [6.07, 6.45) is 69.2. The number of ether oxygens (including phenoxy) is 2. The Bertz CT molecular complexity index is 1500. The molecule has 0 aliphatic rings. The Morgan fingerprint density at radius 3 is 1.16 bits per heavy atom. The highest BCUT2D eigenvalue weighted by atomic mass is 31.2. The first-order valence-corrected chi connectivity index (χ1v) is 29.5. The lowest BCUT2D eigenvalue weighted by Crippen LogP contribution is -2.37. The Morgan fingerprint density at radius 1 is 0.443 bits per heavy atom. The number of phosphoric acid groups is 1. The first kappa shape index (κ1) is 66.9. The molecule has 2 atom stereocenters. The fraction of sp³-hybridized carbons (Fsp3) is 0.700. The average Bonchev–Trinajstić information content (AvgIpc) is 3.32. The Hall–Kier alpha value is -3.07. The fourth-order valence-electron chi connectivity index (χ4n) is 7.35. The van der Waals surface area contributed by atoms with Gasteiger partial charge in [0.1, 0.15) is 19.8 Å². The van der Waals surface area contributed by atoms with Gasteiger partial charge in [0.05, 0.1) is 27.7 Å². The van der Waals surface area contributed by atoms with Crippen LogP contribution < -0.4 is 0 Å². The molecule has 2 unspecified atom stereocenters. The minimum atomic E-state index is -4.39. The number of rotatable bonds is 50. The number of hydrogen-bond acceptors (Lipinski definition) is 7. The molecule has 0 radical (unpaired) electrons. The molecule has 9 nitrogen and oxygen atoms in total. The van der Waals surface area contributed by atoms with Gasteiger partial charge in [-0.2, -0.15) is 0 Å². The summed E-state index contributed by atoms with van der Waals surface area (Å²) in [5, 5.41) is 0. The Balaban J connectivity index is 4.07. The van der Waals surface area contributed by atoms with Gasteiger partial charge in [-0.05, 0) is 89.9 Å². The zero-order valence-corrected chi connectivity index (χ0v) is 46.4. The number of hydrogen-bond donors (Lipinski definition) is 1. The van der Waals surface area contributed by atoms with Crippen LogP contribution in [0.2, 0.25) is 0 Å². The van der Waals surface area contributed by atoms with Crippen molar-refractivity contribution in [3.8, 4) is 0 Å². The predicted molar refractivity (Wildman–Crippen MR) is 298 cm³/mol. The molecular weight excluding hydrogens is 894 g/mol. The molecule has 0 aliphatic carbocycles. The van der Waals surface area contributed by atoms with E-state index in [0.717, 1.165) is 89.9 Å². The predicted octanol–water partition coefficient (Wildman–Crippen LogP) is 17.3. The molecule has 0 bridgehead atoms. The second kappa shape index (κ2) is 50.9. The van der Waals surface area contributed by atoms with Gasteiger partial charge in [-0.3, -0.25) is 18.6 Å². The smallest absolute Gasteiger partial charge is 0.462 e. The molecule has 0 saturated heterocycles. The van der Waals surface area contributed by atoms with Gasteiger partial charge < -0.3 is 18.9 Å². The number of quaternary nitrogens is 1. The lowest BCUT2D eigenvalue weighted by molar-refractivity contribution is -0.870. The zero-order valence-electron chi connectivity index (χ0n) is 45.5. The molecule has 70 heavy (non-hydrogen) atoms. The summed E-state index contributed by atoms with van der Waals surface area (Å²) in [6, 6.07) is 0. The second-order valence-corrected chi connectivity index (χ2v) is 21.0. The van der Waals surface area contributed by atoms with E-state index >= 15 is 0 Å². The first-order chi connectivity index (χ1) is 34.0. The average molecular weight is 999 g/mol. The Labute approximate surface area is 430 Å². The fourth-order valence-corrected chi connectivity index (χ4v) is 8.09. The Kier molecular flexibility index (Phi) is 48.6. The molecule has 0 heterocycles. The van der Waals surface area contributed by atoms with Crippen LogP contribution >= 0.6 is 7.82 Å². The number of phosphoric ester groups is 1. The van der Waals surface area contributed by atoms with Crippen LogP contribution in [-0.4, -0.2) is 74.9 Å². The van der Waals surface area contributed by atoms with E-state index < -0.39 is 32.5 Å². The third kappa shape index (κ3) is 54.3. The van der Waals surface area contributed by atoms with E-state index in [1.165, 1.54) is 89.9 Å². The molecule has 10 heteroatoms. The number of carbonyl (C=O) groups is 2. The normalized spacial score (nSPS) is 14.1. The number of nitrogens with zero attached hydrogens (tertiary/aromatic N) is 1. The van der Waals surface area contributed by atoms with Crippen LogP contribution in [0.1, 0.15) is 219 Å². The Morgan fingerprint density at radius 2 is 0.771 bits per heavy atom. The lowest BCUT2D eigenvalue weighted by atomic mass is 10.0. The maximum absolute atomic E-state index is 12.8. The number of carbonyl (C=O) groups excluding carboxylic acids is 2. The maximum Gasteiger partial charge on any atom is 0.472 e. The standard InChI is InChI=1S/C60H104NO8P/c1-6-8-10-12-14-16-18-20-21-22-23-24-25-26-27-28-29-30-31-32-33-34-35-36-37-38-39-41-43-45-47-49-51-53-60(63)69-58(57-68-70(64,65)67-55-54-61(3,4)5)56-66-59(62)52-50-48-46-44-42-40-19-17-15-13-11-9-7-2/h8-11,14-17,20-21,23-24,26-27,40,42,58H,6-7,12-13,18-19,22,25,28-39,41,43-57H2,1-5H3/p+1/b10-8-,11-9-,16-14-,17-15-,21-20-,24-23-,27-26-,42-40-. The van der Waals surface area contributed by atoms with Crippen molar-refractivity contribution >= 4 is 19.8 Å². The van der Waals surface area contributed by atoms with Crippen LogP contribution in [0.3, 0.4) is 0 Å². The molecule has 0 spiro atoms. The molecule has 0 fully saturated rings. The van der Waals surface area contributed by atoms with Gasteiger partial charge in [0.25, 0.3) is 0 Å². The van der Waals surface area contributed by atoms with E-state index in [9.17, 15) is 19.0 Å². The van der Waals surface area contributed by atoms with Crippen LogP contribution in [0.4, 0.5) is 0 Å².